The number of hydrogen-bond acceptors (Lipinski definition) is 5. The van der Waals surface area contributed by atoms with Crippen LogP contribution in [-0.4, -0.2) is 44.0 Å². The summed E-state index contributed by atoms with van der Waals surface area (Å²) in [6.07, 6.45) is 7.19. The van der Waals surface area contributed by atoms with Gasteiger partial charge < -0.3 is 19.7 Å². The van der Waals surface area contributed by atoms with Gasteiger partial charge in [-0.15, -0.1) is 11.3 Å². The van der Waals surface area contributed by atoms with Crippen molar-refractivity contribution in [3.63, 3.8) is 0 Å². The molecule has 1 aromatic carbocycles. The molecule has 32 heavy (non-hydrogen) atoms. The highest BCUT2D eigenvalue weighted by Crippen LogP contribution is 2.42. The van der Waals surface area contributed by atoms with E-state index < -0.39 is 0 Å². The summed E-state index contributed by atoms with van der Waals surface area (Å²) in [5.41, 5.74) is 2.21. The van der Waals surface area contributed by atoms with Crippen molar-refractivity contribution in [1.82, 2.24) is 10.2 Å². The van der Waals surface area contributed by atoms with E-state index in [2.05, 4.69) is 11.4 Å². The lowest BCUT2D eigenvalue weighted by atomic mass is 9.90. The minimum Gasteiger partial charge on any atom is -0.493 e. The molecule has 1 aliphatic carbocycles. The van der Waals surface area contributed by atoms with Gasteiger partial charge in [0.05, 0.1) is 26.8 Å². The molecular formula is C25H32N2O4S. The zero-order chi connectivity index (χ0) is 22.5. The predicted octanol–water partition coefficient (Wildman–Crippen LogP) is 4.33. The first-order chi connectivity index (χ1) is 15.6. The summed E-state index contributed by atoms with van der Waals surface area (Å²) < 4.78 is 11.0. The summed E-state index contributed by atoms with van der Waals surface area (Å²) >= 11 is 1.63. The van der Waals surface area contributed by atoms with E-state index in [4.69, 9.17) is 9.47 Å². The van der Waals surface area contributed by atoms with E-state index in [1.165, 1.54) is 25.7 Å². The van der Waals surface area contributed by atoms with Crippen LogP contribution in [-0.2, 0) is 16.0 Å². The number of hydrogen-bond donors (Lipinski definition) is 1. The number of carbonyl (C=O) groups is 2. The van der Waals surface area contributed by atoms with Crippen LogP contribution in [0.25, 0.3) is 0 Å². The molecule has 172 valence electrons. The summed E-state index contributed by atoms with van der Waals surface area (Å²) in [7, 11) is 3.26. The van der Waals surface area contributed by atoms with Gasteiger partial charge >= 0.3 is 0 Å². The van der Waals surface area contributed by atoms with Crippen LogP contribution in [0, 0.1) is 5.92 Å². The number of nitrogens with zero attached hydrogens (tertiary/aromatic N) is 1. The van der Waals surface area contributed by atoms with Crippen molar-refractivity contribution in [3.05, 3.63) is 45.6 Å². The topological polar surface area (TPSA) is 67.9 Å². The van der Waals surface area contributed by atoms with Crippen LogP contribution in [0.1, 0.15) is 60.6 Å². The monoisotopic (exact) mass is 456 g/mol. The minimum absolute atomic E-state index is 0.0262. The first kappa shape index (κ1) is 22.6. The second-order valence-electron chi connectivity index (χ2n) is 8.63. The Hall–Kier alpha value is -2.54. The Balaban J connectivity index is 1.48. The van der Waals surface area contributed by atoms with Crippen molar-refractivity contribution in [1.29, 1.82) is 0 Å². The molecule has 2 amide bonds. The highest BCUT2D eigenvalue weighted by molar-refractivity contribution is 7.10. The van der Waals surface area contributed by atoms with Crippen LogP contribution in [0.4, 0.5) is 0 Å². The maximum Gasteiger partial charge on any atom is 0.242 e. The van der Waals surface area contributed by atoms with E-state index >= 15 is 0 Å². The maximum absolute atomic E-state index is 13.2. The molecule has 1 aromatic heterocycles. The molecule has 2 heterocycles. The van der Waals surface area contributed by atoms with E-state index in [9.17, 15) is 9.59 Å². The molecule has 4 rings (SSSR count). The fraction of sp³-hybridized carbons (Fsp3) is 0.520. The molecule has 1 aliphatic heterocycles. The van der Waals surface area contributed by atoms with Crippen LogP contribution in [0.5, 0.6) is 11.5 Å². The number of rotatable bonds is 8. The number of benzene rings is 1. The number of nitrogens with one attached hydrogen (secondary N) is 1. The first-order valence-electron chi connectivity index (χ1n) is 11.4. The second-order valence-corrected chi connectivity index (χ2v) is 9.61. The molecule has 0 radical (unpaired) electrons. The van der Waals surface area contributed by atoms with Gasteiger partial charge in [-0.3, -0.25) is 9.59 Å². The lowest BCUT2D eigenvalue weighted by Crippen LogP contribution is -2.45. The average Bonchev–Trinajstić information content (AvgIpc) is 3.53. The van der Waals surface area contributed by atoms with Crippen LogP contribution in [0.3, 0.4) is 0 Å². The Kier molecular flexibility index (Phi) is 7.35. The predicted molar refractivity (Wildman–Crippen MR) is 125 cm³/mol. The average molecular weight is 457 g/mol. The Bertz CT molecular complexity index is 938. The SMILES string of the molecule is COc1cc2c(cc1OC)[C@@H](c1cccs1)N(C(=O)CNC(=O)CCC1CCCC1)CC2. The molecule has 0 saturated heterocycles. The molecule has 1 fully saturated rings. The molecular weight excluding hydrogens is 424 g/mol. The van der Waals surface area contributed by atoms with Gasteiger partial charge in [-0.2, -0.15) is 0 Å². The summed E-state index contributed by atoms with van der Waals surface area (Å²) in [6, 6.07) is 7.87. The zero-order valence-electron chi connectivity index (χ0n) is 18.9. The van der Waals surface area contributed by atoms with Gasteiger partial charge in [0.2, 0.25) is 11.8 Å². The summed E-state index contributed by atoms with van der Waals surface area (Å²) in [4.78, 5) is 28.5. The fourth-order valence-electron chi connectivity index (χ4n) is 4.97. The third-order valence-electron chi connectivity index (χ3n) is 6.70. The lowest BCUT2D eigenvalue weighted by molar-refractivity contribution is -0.134. The Morgan fingerprint density at radius 2 is 1.91 bits per heavy atom. The highest BCUT2D eigenvalue weighted by Gasteiger charge is 2.34. The van der Waals surface area contributed by atoms with E-state index in [0.717, 1.165) is 28.8 Å². The molecule has 0 spiro atoms. The Morgan fingerprint density at radius 1 is 1.16 bits per heavy atom. The minimum atomic E-state index is -0.193. The van der Waals surface area contributed by atoms with Crippen molar-refractivity contribution in [2.75, 3.05) is 27.3 Å². The van der Waals surface area contributed by atoms with Gasteiger partial charge in [-0.25, -0.2) is 0 Å². The van der Waals surface area contributed by atoms with Crippen molar-refractivity contribution in [2.45, 2.75) is 51.0 Å². The molecule has 6 nitrogen and oxygen atoms in total. The molecule has 0 unspecified atom stereocenters. The number of fused-ring (bicyclic) bond motifs is 1. The Morgan fingerprint density at radius 3 is 2.59 bits per heavy atom. The number of amides is 2. The van der Waals surface area contributed by atoms with Gasteiger partial charge in [0.15, 0.2) is 11.5 Å². The Labute approximate surface area is 193 Å². The van der Waals surface area contributed by atoms with Crippen LogP contribution < -0.4 is 14.8 Å². The summed E-state index contributed by atoms with van der Waals surface area (Å²) in [6.45, 7) is 0.635. The summed E-state index contributed by atoms with van der Waals surface area (Å²) in [5, 5.41) is 4.89. The van der Waals surface area contributed by atoms with E-state index in [1.54, 1.807) is 25.6 Å². The van der Waals surface area contributed by atoms with E-state index in [0.29, 0.717) is 30.4 Å². The van der Waals surface area contributed by atoms with Gasteiger partial charge in [0.25, 0.3) is 0 Å². The van der Waals surface area contributed by atoms with Crippen molar-refractivity contribution in [2.24, 2.45) is 5.92 Å². The largest absolute Gasteiger partial charge is 0.493 e. The number of methoxy groups -OCH3 is 2. The zero-order valence-corrected chi connectivity index (χ0v) is 19.7. The molecule has 0 bridgehead atoms. The van der Waals surface area contributed by atoms with Gasteiger partial charge in [0.1, 0.15) is 0 Å². The molecule has 1 saturated carbocycles. The van der Waals surface area contributed by atoms with Crippen LogP contribution >= 0.6 is 11.3 Å². The molecule has 2 aliphatic rings. The first-order valence-corrected chi connectivity index (χ1v) is 12.3. The van der Waals surface area contributed by atoms with E-state index in [-0.39, 0.29) is 24.4 Å². The number of thiophene rings is 1. The molecule has 7 heteroatoms. The smallest absolute Gasteiger partial charge is 0.242 e. The summed E-state index contributed by atoms with van der Waals surface area (Å²) in [5.74, 6) is 1.94. The molecule has 1 atom stereocenters. The fourth-order valence-corrected chi connectivity index (χ4v) is 5.82. The van der Waals surface area contributed by atoms with Crippen molar-refractivity contribution in [3.8, 4) is 11.5 Å². The van der Waals surface area contributed by atoms with Gasteiger partial charge in [-0.1, -0.05) is 31.7 Å². The third-order valence-corrected chi connectivity index (χ3v) is 7.62. The van der Waals surface area contributed by atoms with Crippen LogP contribution in [0.2, 0.25) is 0 Å². The normalized spacial score (nSPS) is 18.3. The van der Waals surface area contributed by atoms with Gasteiger partial charge in [-0.05, 0) is 53.5 Å². The number of carbonyl (C=O) groups excluding carboxylic acids is 2. The third kappa shape index (κ3) is 4.93. The molecule has 2 aromatic rings. The maximum atomic E-state index is 13.2. The lowest BCUT2D eigenvalue weighted by Gasteiger charge is -2.37. The van der Waals surface area contributed by atoms with Gasteiger partial charge in [0, 0.05) is 17.8 Å². The second kappa shape index (κ2) is 10.4. The highest BCUT2D eigenvalue weighted by atomic mass is 32.1. The van der Waals surface area contributed by atoms with Crippen LogP contribution in [0.15, 0.2) is 29.6 Å². The van der Waals surface area contributed by atoms with Crippen molar-refractivity contribution < 1.29 is 19.1 Å². The van der Waals surface area contributed by atoms with E-state index in [1.807, 2.05) is 28.5 Å². The molecule has 1 N–H and O–H groups in total. The number of ether oxygens (including phenoxy) is 2. The quantitative estimate of drug-likeness (QED) is 0.642. The standard InChI is InChI=1S/C25H32N2O4S/c1-30-20-14-18-11-12-27(24(29)16-26-23(28)10-9-17-6-3-4-7-17)25(22-8-5-13-32-22)19(18)15-21(20)31-2/h5,8,13-15,17,25H,3-4,6-7,9-12,16H2,1-2H3,(H,26,28)/t25-/m0/s1. The van der Waals surface area contributed by atoms with Crippen molar-refractivity contribution >= 4 is 23.2 Å².